The number of aryl methyl sites for hydroxylation is 1. The van der Waals surface area contributed by atoms with Gasteiger partial charge in [-0.05, 0) is 25.6 Å². The number of hydrogen-bond acceptors (Lipinski definition) is 7. The molecule has 148 valence electrons. The Morgan fingerprint density at radius 2 is 2.00 bits per heavy atom. The van der Waals surface area contributed by atoms with Crippen molar-refractivity contribution < 1.29 is 13.2 Å². The van der Waals surface area contributed by atoms with Crippen molar-refractivity contribution in [1.29, 1.82) is 0 Å². The number of piperazine rings is 1. The Morgan fingerprint density at radius 3 is 2.68 bits per heavy atom. The molecule has 0 spiro atoms. The Balaban J connectivity index is 1.62. The van der Waals surface area contributed by atoms with Crippen molar-refractivity contribution in [2.45, 2.75) is 25.9 Å². The predicted octanol–water partition coefficient (Wildman–Crippen LogP) is 0.790. The molecule has 0 saturated carbocycles. The first-order valence-electron chi connectivity index (χ1n) is 9.39. The summed E-state index contributed by atoms with van der Waals surface area (Å²) in [5.74, 6) is 0.454. The number of likely N-dealkylation sites (N-methyl/N-ethyl adjacent to an activating group) is 1. The molecule has 28 heavy (non-hydrogen) atoms. The third-order valence-corrected chi connectivity index (χ3v) is 7.29. The zero-order valence-corrected chi connectivity index (χ0v) is 16.8. The quantitative estimate of drug-likeness (QED) is 0.750. The normalized spacial score (nSPS) is 24.1. The molecule has 2 atom stereocenters. The lowest BCUT2D eigenvalue weighted by atomic mass is 10.0. The van der Waals surface area contributed by atoms with Gasteiger partial charge in [0, 0.05) is 43.3 Å². The van der Waals surface area contributed by atoms with Crippen molar-refractivity contribution in [3.63, 3.8) is 0 Å². The van der Waals surface area contributed by atoms with E-state index in [9.17, 15) is 13.2 Å². The molecule has 4 heterocycles. The molecule has 2 saturated heterocycles. The van der Waals surface area contributed by atoms with E-state index in [1.807, 2.05) is 13.0 Å². The Bertz CT molecular complexity index is 996. The summed E-state index contributed by atoms with van der Waals surface area (Å²) in [7, 11) is -3.15. The summed E-state index contributed by atoms with van der Waals surface area (Å²) in [5, 5.41) is 0. The smallest absolute Gasteiger partial charge is 0.257 e. The second kappa shape index (κ2) is 7.21. The minimum atomic E-state index is -3.15. The van der Waals surface area contributed by atoms with E-state index >= 15 is 0 Å². The molecule has 2 aromatic rings. The monoisotopic (exact) mass is 401 g/mol. The number of sulfone groups is 1. The van der Waals surface area contributed by atoms with Crippen LogP contribution in [0.25, 0.3) is 11.4 Å². The molecule has 0 aliphatic carbocycles. The molecule has 2 fully saturated rings. The van der Waals surface area contributed by atoms with Gasteiger partial charge in [0.2, 0.25) is 0 Å². The van der Waals surface area contributed by atoms with Crippen LogP contribution in [0, 0.1) is 6.92 Å². The van der Waals surface area contributed by atoms with Crippen molar-refractivity contribution in [1.82, 2.24) is 24.8 Å². The fourth-order valence-electron chi connectivity index (χ4n) is 4.14. The second-order valence-corrected chi connectivity index (χ2v) is 9.43. The van der Waals surface area contributed by atoms with Crippen LogP contribution in [0.4, 0.5) is 0 Å². The number of pyridine rings is 1. The van der Waals surface area contributed by atoms with E-state index in [1.54, 1.807) is 30.3 Å². The fourth-order valence-corrected chi connectivity index (χ4v) is 6.15. The summed E-state index contributed by atoms with van der Waals surface area (Å²) < 4.78 is 24.5. The molecule has 0 N–H and O–H groups in total. The van der Waals surface area contributed by atoms with Gasteiger partial charge in [0.25, 0.3) is 5.91 Å². The summed E-state index contributed by atoms with van der Waals surface area (Å²) in [6.45, 7) is 5.76. The first kappa shape index (κ1) is 18.9. The van der Waals surface area contributed by atoms with E-state index in [4.69, 9.17) is 0 Å². The minimum Gasteiger partial charge on any atom is -0.332 e. The topological polar surface area (TPSA) is 96.4 Å². The maximum atomic E-state index is 13.2. The van der Waals surface area contributed by atoms with E-state index in [0.717, 1.165) is 12.1 Å². The van der Waals surface area contributed by atoms with Crippen LogP contribution >= 0.6 is 0 Å². The van der Waals surface area contributed by atoms with Gasteiger partial charge in [-0.2, -0.15) is 0 Å². The number of fused-ring (bicyclic) bond motifs is 1. The Hall–Kier alpha value is -2.39. The average Bonchev–Trinajstić information content (AvgIpc) is 3.02. The summed E-state index contributed by atoms with van der Waals surface area (Å²) in [5.41, 5.74) is 1.78. The van der Waals surface area contributed by atoms with Gasteiger partial charge in [-0.25, -0.2) is 18.4 Å². The molecular weight excluding hydrogens is 378 g/mol. The van der Waals surface area contributed by atoms with Crippen LogP contribution in [-0.4, -0.2) is 82.3 Å². The van der Waals surface area contributed by atoms with Crippen LogP contribution in [0.5, 0.6) is 0 Å². The van der Waals surface area contributed by atoms with Gasteiger partial charge in [0.15, 0.2) is 15.7 Å². The Labute approximate surface area is 164 Å². The summed E-state index contributed by atoms with van der Waals surface area (Å²) in [6, 6.07) is 3.22. The van der Waals surface area contributed by atoms with E-state index in [2.05, 4.69) is 19.9 Å². The molecule has 0 bridgehead atoms. The summed E-state index contributed by atoms with van der Waals surface area (Å²) in [4.78, 5) is 30.0. The van der Waals surface area contributed by atoms with Crippen LogP contribution in [-0.2, 0) is 9.84 Å². The third kappa shape index (κ3) is 3.40. The number of hydrogen-bond donors (Lipinski definition) is 0. The van der Waals surface area contributed by atoms with Gasteiger partial charge >= 0.3 is 0 Å². The lowest BCUT2D eigenvalue weighted by Gasteiger charge is -2.43. The zero-order valence-electron chi connectivity index (χ0n) is 15.9. The van der Waals surface area contributed by atoms with Gasteiger partial charge < -0.3 is 4.90 Å². The fraction of sp³-hybridized carbons (Fsp3) is 0.474. The predicted molar refractivity (Wildman–Crippen MR) is 105 cm³/mol. The molecule has 2 aliphatic rings. The van der Waals surface area contributed by atoms with Gasteiger partial charge in [-0.1, -0.05) is 6.92 Å². The highest BCUT2D eigenvalue weighted by molar-refractivity contribution is 7.91. The first-order chi connectivity index (χ1) is 13.4. The van der Waals surface area contributed by atoms with Crippen LogP contribution in [0.15, 0.2) is 30.7 Å². The maximum absolute atomic E-state index is 13.2. The lowest BCUT2D eigenvalue weighted by Crippen LogP contribution is -2.60. The van der Waals surface area contributed by atoms with E-state index < -0.39 is 9.84 Å². The molecule has 0 radical (unpaired) electrons. The lowest BCUT2D eigenvalue weighted by molar-refractivity contribution is 0.0348. The van der Waals surface area contributed by atoms with Gasteiger partial charge in [-0.3, -0.25) is 14.7 Å². The number of carbonyl (C=O) groups is 1. The molecule has 2 aromatic heterocycles. The third-order valence-electron chi connectivity index (χ3n) is 5.59. The Morgan fingerprint density at radius 1 is 1.21 bits per heavy atom. The van der Waals surface area contributed by atoms with Crippen molar-refractivity contribution in [2.24, 2.45) is 0 Å². The van der Waals surface area contributed by atoms with Crippen molar-refractivity contribution in [2.75, 3.05) is 31.1 Å². The molecule has 0 aromatic carbocycles. The zero-order chi connectivity index (χ0) is 19.9. The van der Waals surface area contributed by atoms with Crippen molar-refractivity contribution >= 4 is 15.7 Å². The molecule has 4 rings (SSSR count). The van der Waals surface area contributed by atoms with E-state index in [1.165, 1.54) is 6.20 Å². The van der Waals surface area contributed by atoms with E-state index in [0.29, 0.717) is 30.2 Å². The highest BCUT2D eigenvalue weighted by Gasteiger charge is 2.47. The van der Waals surface area contributed by atoms with Crippen molar-refractivity contribution in [3.8, 4) is 11.4 Å². The summed E-state index contributed by atoms with van der Waals surface area (Å²) >= 11 is 0. The standard InChI is InChI=1S/C19H23N5O3S/c1-3-23-7-8-24(17-12-28(26,27)11-16(17)23)19(25)15-10-21-18(22-13(15)2)14-5-4-6-20-9-14/h4-6,9-10,16-17H,3,7-8,11-12H2,1-2H3. The van der Waals surface area contributed by atoms with Gasteiger partial charge in [-0.15, -0.1) is 0 Å². The molecule has 2 unspecified atom stereocenters. The highest BCUT2D eigenvalue weighted by Crippen LogP contribution is 2.28. The SMILES string of the molecule is CCN1CCN(C(=O)c2cnc(-c3cccnc3)nc2C)C2CS(=O)(=O)CC21. The molecule has 8 nitrogen and oxygen atoms in total. The van der Waals surface area contributed by atoms with Crippen LogP contribution in [0.2, 0.25) is 0 Å². The first-order valence-corrected chi connectivity index (χ1v) is 11.2. The van der Waals surface area contributed by atoms with Crippen molar-refractivity contribution in [3.05, 3.63) is 42.0 Å². The van der Waals surface area contributed by atoms with E-state index in [-0.39, 0.29) is 29.5 Å². The number of aromatic nitrogens is 3. The number of rotatable bonds is 3. The number of amides is 1. The highest BCUT2D eigenvalue weighted by atomic mass is 32.2. The average molecular weight is 401 g/mol. The van der Waals surface area contributed by atoms with Crippen LogP contribution < -0.4 is 0 Å². The molecule has 2 aliphatic heterocycles. The van der Waals surface area contributed by atoms with Crippen LogP contribution in [0.3, 0.4) is 0 Å². The van der Waals surface area contributed by atoms with Gasteiger partial charge in [0.05, 0.1) is 28.8 Å². The number of nitrogens with zero attached hydrogens (tertiary/aromatic N) is 5. The van der Waals surface area contributed by atoms with Crippen LogP contribution in [0.1, 0.15) is 23.0 Å². The molecule has 9 heteroatoms. The van der Waals surface area contributed by atoms with Gasteiger partial charge in [0.1, 0.15) is 0 Å². The molecular formula is C19H23N5O3S. The molecule has 1 amide bonds. The number of carbonyl (C=O) groups excluding carboxylic acids is 1. The largest absolute Gasteiger partial charge is 0.332 e. The summed E-state index contributed by atoms with van der Waals surface area (Å²) in [6.07, 6.45) is 4.89. The Kier molecular flexibility index (Phi) is 4.88. The maximum Gasteiger partial charge on any atom is 0.257 e. The second-order valence-electron chi connectivity index (χ2n) is 7.27. The minimum absolute atomic E-state index is 0.0214.